The lowest BCUT2D eigenvalue weighted by atomic mass is 9.88. The summed E-state index contributed by atoms with van der Waals surface area (Å²) in [6.07, 6.45) is 3.00. The lowest BCUT2D eigenvalue weighted by molar-refractivity contribution is -0.123. The third-order valence-corrected chi connectivity index (χ3v) is 5.57. The largest absolute Gasteiger partial charge is 0.359 e. The number of thioether (sulfide) groups is 1. The highest BCUT2D eigenvalue weighted by Crippen LogP contribution is 2.42. The van der Waals surface area contributed by atoms with E-state index in [9.17, 15) is 4.79 Å². The number of aliphatic imine (C=N–C) groups is 1. The van der Waals surface area contributed by atoms with Crippen LogP contribution in [0, 0.1) is 11.3 Å². The van der Waals surface area contributed by atoms with Crippen LogP contribution in [0.4, 0.5) is 0 Å². The number of hydrogen-bond donors (Lipinski definition) is 1. The first-order valence-electron chi connectivity index (χ1n) is 8.06. The van der Waals surface area contributed by atoms with Crippen LogP contribution in [0.25, 0.3) is 0 Å². The van der Waals surface area contributed by atoms with Gasteiger partial charge in [-0.1, -0.05) is 20.8 Å². The van der Waals surface area contributed by atoms with Crippen LogP contribution in [-0.2, 0) is 4.79 Å². The molecule has 1 N–H and O–H groups in total. The Balaban J connectivity index is 2.55. The Kier molecular flexibility index (Phi) is 4.95. The molecule has 0 saturated carbocycles. The molecule has 5 heteroatoms. The van der Waals surface area contributed by atoms with Gasteiger partial charge in [-0.3, -0.25) is 9.79 Å². The van der Waals surface area contributed by atoms with Gasteiger partial charge in [0, 0.05) is 30.0 Å². The molecule has 0 spiro atoms. The second kappa shape index (κ2) is 6.26. The van der Waals surface area contributed by atoms with Gasteiger partial charge in [0.25, 0.3) is 0 Å². The molecule has 4 nitrogen and oxygen atoms in total. The van der Waals surface area contributed by atoms with E-state index in [0.717, 1.165) is 18.8 Å². The minimum atomic E-state index is -0.0371. The van der Waals surface area contributed by atoms with Crippen LogP contribution in [0.15, 0.2) is 16.3 Å². The molecule has 0 bridgehead atoms. The minimum Gasteiger partial charge on any atom is -0.359 e. The van der Waals surface area contributed by atoms with Crippen LogP contribution in [-0.4, -0.2) is 47.8 Å². The monoisotopic (exact) mass is 323 g/mol. The van der Waals surface area contributed by atoms with Gasteiger partial charge in [0.15, 0.2) is 0 Å². The SMILES string of the molecule is CNC(=O)C1CCN2C(C(C)(C)C)=N[C@@H](C)C(C(C)SC)=C12. The van der Waals surface area contributed by atoms with E-state index in [1.807, 2.05) is 11.8 Å². The van der Waals surface area contributed by atoms with Crippen molar-refractivity contribution in [2.75, 3.05) is 19.8 Å². The molecule has 1 amide bonds. The summed E-state index contributed by atoms with van der Waals surface area (Å²) in [5.74, 6) is 1.22. The zero-order valence-electron chi connectivity index (χ0n) is 14.9. The van der Waals surface area contributed by atoms with Crippen molar-refractivity contribution in [3.8, 4) is 0 Å². The topological polar surface area (TPSA) is 44.7 Å². The Morgan fingerprint density at radius 2 is 2.09 bits per heavy atom. The highest BCUT2D eigenvalue weighted by Gasteiger charge is 2.44. The summed E-state index contributed by atoms with van der Waals surface area (Å²) in [4.78, 5) is 19.7. The molecule has 1 fully saturated rings. The van der Waals surface area contributed by atoms with Crippen LogP contribution in [0.1, 0.15) is 41.0 Å². The van der Waals surface area contributed by atoms with Crippen molar-refractivity contribution in [3.63, 3.8) is 0 Å². The third-order valence-electron chi connectivity index (χ3n) is 4.60. The highest BCUT2D eigenvalue weighted by molar-refractivity contribution is 7.99. The van der Waals surface area contributed by atoms with Gasteiger partial charge in [-0.15, -0.1) is 0 Å². The van der Waals surface area contributed by atoms with E-state index in [4.69, 9.17) is 4.99 Å². The van der Waals surface area contributed by atoms with E-state index in [2.05, 4.69) is 51.1 Å². The predicted octanol–water partition coefficient (Wildman–Crippen LogP) is 2.91. The Morgan fingerprint density at radius 3 is 2.59 bits per heavy atom. The highest BCUT2D eigenvalue weighted by atomic mass is 32.2. The molecular formula is C17H29N3OS. The van der Waals surface area contributed by atoms with Crippen molar-refractivity contribution >= 4 is 23.5 Å². The molecule has 2 aliphatic rings. The molecule has 0 aromatic heterocycles. The van der Waals surface area contributed by atoms with Gasteiger partial charge in [0.1, 0.15) is 5.84 Å². The zero-order chi connectivity index (χ0) is 16.7. The minimum absolute atomic E-state index is 0.00871. The fourth-order valence-corrected chi connectivity index (χ4v) is 4.09. The second-order valence-corrected chi connectivity index (χ2v) is 8.38. The average Bonchev–Trinajstić information content (AvgIpc) is 2.88. The summed E-state index contributed by atoms with van der Waals surface area (Å²) in [6, 6.07) is 0.146. The van der Waals surface area contributed by atoms with E-state index >= 15 is 0 Å². The van der Waals surface area contributed by atoms with Crippen LogP contribution in [0.5, 0.6) is 0 Å². The molecule has 3 atom stereocenters. The Hall–Kier alpha value is -0.970. The lowest BCUT2D eigenvalue weighted by Gasteiger charge is -2.39. The number of carbonyl (C=O) groups excluding carboxylic acids is 1. The first-order valence-corrected chi connectivity index (χ1v) is 9.35. The summed E-state index contributed by atoms with van der Waals surface area (Å²) in [6.45, 7) is 11.9. The van der Waals surface area contributed by atoms with Crippen molar-refractivity contribution < 1.29 is 4.79 Å². The number of carbonyl (C=O) groups is 1. The van der Waals surface area contributed by atoms with Crippen molar-refractivity contribution in [3.05, 3.63) is 11.3 Å². The first kappa shape index (κ1) is 17.4. The fraction of sp³-hybridized carbons (Fsp3) is 0.765. The molecule has 0 radical (unpaired) electrons. The molecule has 22 heavy (non-hydrogen) atoms. The van der Waals surface area contributed by atoms with Gasteiger partial charge in [0.2, 0.25) is 5.91 Å². The smallest absolute Gasteiger partial charge is 0.228 e. The number of nitrogens with zero attached hydrogens (tertiary/aromatic N) is 2. The van der Waals surface area contributed by atoms with E-state index in [0.29, 0.717) is 5.25 Å². The van der Waals surface area contributed by atoms with Crippen molar-refractivity contribution in [1.82, 2.24) is 10.2 Å². The Morgan fingerprint density at radius 1 is 1.45 bits per heavy atom. The first-order chi connectivity index (χ1) is 10.2. The molecule has 0 aromatic rings. The van der Waals surface area contributed by atoms with Gasteiger partial charge in [-0.2, -0.15) is 11.8 Å². The summed E-state index contributed by atoms with van der Waals surface area (Å²) in [5.41, 5.74) is 2.53. The van der Waals surface area contributed by atoms with Gasteiger partial charge in [-0.25, -0.2) is 0 Å². The normalized spacial score (nSPS) is 26.7. The quantitative estimate of drug-likeness (QED) is 0.868. The lowest BCUT2D eigenvalue weighted by Crippen LogP contribution is -2.44. The maximum Gasteiger partial charge on any atom is 0.228 e. The van der Waals surface area contributed by atoms with E-state index in [1.165, 1.54) is 11.3 Å². The summed E-state index contributed by atoms with van der Waals surface area (Å²) >= 11 is 1.83. The summed E-state index contributed by atoms with van der Waals surface area (Å²) < 4.78 is 0. The molecule has 0 aliphatic carbocycles. The molecule has 2 unspecified atom stereocenters. The van der Waals surface area contributed by atoms with Gasteiger partial charge in [-0.05, 0) is 32.1 Å². The number of amides is 1. The average molecular weight is 324 g/mol. The maximum absolute atomic E-state index is 12.4. The Bertz CT molecular complexity index is 518. The summed E-state index contributed by atoms with van der Waals surface area (Å²) in [5, 5.41) is 3.22. The molecule has 2 rings (SSSR count). The van der Waals surface area contributed by atoms with Crippen LogP contribution >= 0.6 is 11.8 Å². The number of hydrogen-bond acceptors (Lipinski definition) is 4. The fourth-order valence-electron chi connectivity index (χ4n) is 3.52. The Labute approximate surface area is 138 Å². The van der Waals surface area contributed by atoms with Crippen molar-refractivity contribution in [1.29, 1.82) is 0 Å². The number of rotatable bonds is 3. The maximum atomic E-state index is 12.4. The predicted molar refractivity (Wildman–Crippen MR) is 95.2 cm³/mol. The van der Waals surface area contributed by atoms with E-state index in [-0.39, 0.29) is 23.3 Å². The van der Waals surface area contributed by atoms with E-state index < -0.39 is 0 Å². The van der Waals surface area contributed by atoms with Crippen LogP contribution in [0.3, 0.4) is 0 Å². The molecule has 124 valence electrons. The standard InChI is InChI=1S/C17H29N3OS/c1-10-13(11(2)22-7)14-12(15(21)18-6)8-9-20(14)16(19-10)17(3,4)5/h10-12H,8-9H2,1-7H3,(H,18,21)/t10-,11?,12?/m0/s1. The van der Waals surface area contributed by atoms with Crippen LogP contribution < -0.4 is 5.32 Å². The zero-order valence-corrected chi connectivity index (χ0v) is 15.7. The van der Waals surface area contributed by atoms with Crippen molar-refractivity contribution in [2.24, 2.45) is 16.3 Å². The number of amidine groups is 1. The van der Waals surface area contributed by atoms with Crippen molar-refractivity contribution in [2.45, 2.75) is 52.3 Å². The molecule has 1 saturated heterocycles. The summed E-state index contributed by atoms with van der Waals surface area (Å²) in [7, 11) is 1.73. The van der Waals surface area contributed by atoms with Crippen LogP contribution in [0.2, 0.25) is 0 Å². The molecule has 0 aromatic carbocycles. The van der Waals surface area contributed by atoms with Gasteiger partial charge in [0.05, 0.1) is 12.0 Å². The number of nitrogens with one attached hydrogen (secondary N) is 1. The van der Waals surface area contributed by atoms with Gasteiger partial charge < -0.3 is 10.2 Å². The molecule has 2 heterocycles. The molecular weight excluding hydrogens is 294 g/mol. The van der Waals surface area contributed by atoms with Gasteiger partial charge >= 0.3 is 0 Å². The van der Waals surface area contributed by atoms with E-state index in [1.54, 1.807) is 7.05 Å². The molecule has 2 aliphatic heterocycles. The second-order valence-electron chi connectivity index (χ2n) is 7.20. The number of fused-ring (bicyclic) bond motifs is 1. The third kappa shape index (κ3) is 2.92.